The highest BCUT2D eigenvalue weighted by Gasteiger charge is 2.27. The fraction of sp³-hybridized carbons (Fsp3) is 0.440. The van der Waals surface area contributed by atoms with E-state index in [4.69, 9.17) is 4.74 Å². The molecule has 0 aliphatic carbocycles. The molecule has 2 aromatic carbocycles. The van der Waals surface area contributed by atoms with E-state index in [0.29, 0.717) is 49.5 Å². The van der Waals surface area contributed by atoms with E-state index in [2.05, 4.69) is 5.32 Å². The van der Waals surface area contributed by atoms with Crippen molar-refractivity contribution >= 4 is 33.2 Å². The highest BCUT2D eigenvalue weighted by Crippen LogP contribution is 2.28. The molecule has 0 atom stereocenters. The normalized spacial score (nSPS) is 17.1. The maximum Gasteiger partial charge on any atom is 0.243 e. The van der Waals surface area contributed by atoms with Gasteiger partial charge in [0.1, 0.15) is 5.75 Å². The first-order valence-electron chi connectivity index (χ1n) is 11.8. The molecule has 34 heavy (non-hydrogen) atoms. The van der Waals surface area contributed by atoms with Gasteiger partial charge in [-0.2, -0.15) is 4.31 Å². The first-order valence-corrected chi connectivity index (χ1v) is 13.2. The quantitative estimate of drug-likeness (QED) is 0.617. The van der Waals surface area contributed by atoms with E-state index in [1.54, 1.807) is 35.2 Å². The number of piperidine rings is 1. The molecule has 2 aliphatic heterocycles. The van der Waals surface area contributed by atoms with Crippen LogP contribution in [0.25, 0.3) is 0 Å². The summed E-state index contributed by atoms with van der Waals surface area (Å²) < 4.78 is 33.1. The van der Waals surface area contributed by atoms with E-state index in [1.807, 2.05) is 12.1 Å². The Hall–Kier alpha value is -2.91. The molecule has 9 heteroatoms. The second-order valence-corrected chi connectivity index (χ2v) is 10.6. The van der Waals surface area contributed by atoms with E-state index >= 15 is 0 Å². The number of carbonyl (C=O) groups is 2. The molecule has 0 aromatic heterocycles. The van der Waals surface area contributed by atoms with Gasteiger partial charge in [0.25, 0.3) is 0 Å². The number of rotatable bonds is 8. The van der Waals surface area contributed by atoms with Crippen molar-refractivity contribution in [3.8, 4) is 5.75 Å². The van der Waals surface area contributed by atoms with Crippen molar-refractivity contribution in [3.63, 3.8) is 0 Å². The average molecular weight is 486 g/mol. The number of amides is 2. The molecule has 182 valence electrons. The first kappa shape index (κ1) is 24.2. The van der Waals surface area contributed by atoms with Crippen LogP contribution in [0.2, 0.25) is 0 Å². The molecular weight excluding hydrogens is 454 g/mol. The number of methoxy groups -OCH3 is 1. The minimum atomic E-state index is -3.57. The fourth-order valence-corrected chi connectivity index (χ4v) is 6.08. The summed E-state index contributed by atoms with van der Waals surface area (Å²) in [7, 11) is -2.04. The fourth-order valence-electron chi connectivity index (χ4n) is 4.51. The van der Waals surface area contributed by atoms with Gasteiger partial charge < -0.3 is 15.0 Å². The Kier molecular flexibility index (Phi) is 7.53. The minimum absolute atomic E-state index is 0.0926. The summed E-state index contributed by atoms with van der Waals surface area (Å²) in [5.74, 6) is 0.450. The zero-order chi connectivity index (χ0) is 24.1. The number of aryl methyl sites for hydroxylation is 1. The molecule has 0 saturated carbocycles. The topological polar surface area (TPSA) is 96.0 Å². The molecule has 2 saturated heterocycles. The molecule has 2 fully saturated rings. The SMILES string of the molecule is COc1ccc(S(=O)(=O)N2CCCCC2)cc1CCC(=O)Nc1cccc(N2CCCC2=O)c1. The molecule has 2 amide bonds. The van der Waals surface area contributed by atoms with Crippen LogP contribution in [-0.2, 0) is 26.0 Å². The molecule has 4 rings (SSSR count). The Morgan fingerprint density at radius 3 is 2.53 bits per heavy atom. The summed E-state index contributed by atoms with van der Waals surface area (Å²) in [6.45, 7) is 1.76. The van der Waals surface area contributed by atoms with Crippen LogP contribution in [0.15, 0.2) is 47.4 Å². The molecule has 1 N–H and O–H groups in total. The Bertz CT molecular complexity index is 1160. The van der Waals surface area contributed by atoms with E-state index < -0.39 is 10.0 Å². The Labute approximate surface area is 200 Å². The number of anilines is 2. The second-order valence-electron chi connectivity index (χ2n) is 8.69. The van der Waals surface area contributed by atoms with E-state index in [1.165, 1.54) is 11.4 Å². The van der Waals surface area contributed by atoms with Crippen LogP contribution in [0.5, 0.6) is 5.75 Å². The van der Waals surface area contributed by atoms with Gasteiger partial charge >= 0.3 is 0 Å². The van der Waals surface area contributed by atoms with Crippen LogP contribution >= 0.6 is 0 Å². The molecule has 2 aromatic rings. The zero-order valence-corrected chi connectivity index (χ0v) is 20.3. The third kappa shape index (κ3) is 5.42. The summed E-state index contributed by atoms with van der Waals surface area (Å²) >= 11 is 0. The van der Waals surface area contributed by atoms with Gasteiger partial charge in [0.2, 0.25) is 21.8 Å². The number of nitrogens with zero attached hydrogens (tertiary/aromatic N) is 2. The number of ether oxygens (including phenoxy) is 1. The number of hydrogen-bond donors (Lipinski definition) is 1. The van der Waals surface area contributed by atoms with Crippen molar-refractivity contribution in [1.29, 1.82) is 0 Å². The monoisotopic (exact) mass is 485 g/mol. The van der Waals surface area contributed by atoms with Crippen molar-refractivity contribution in [2.75, 3.05) is 37.0 Å². The summed E-state index contributed by atoms with van der Waals surface area (Å²) in [4.78, 5) is 26.6. The zero-order valence-electron chi connectivity index (χ0n) is 19.5. The second kappa shape index (κ2) is 10.6. The maximum absolute atomic E-state index is 13.1. The predicted molar refractivity (Wildman–Crippen MR) is 131 cm³/mol. The average Bonchev–Trinajstić information content (AvgIpc) is 3.29. The number of benzene rings is 2. The summed E-state index contributed by atoms with van der Waals surface area (Å²) in [6, 6.07) is 12.1. The van der Waals surface area contributed by atoms with Crippen molar-refractivity contribution in [1.82, 2.24) is 4.31 Å². The van der Waals surface area contributed by atoms with Crippen LogP contribution in [0.4, 0.5) is 11.4 Å². The van der Waals surface area contributed by atoms with Gasteiger partial charge in [0.05, 0.1) is 12.0 Å². The third-order valence-electron chi connectivity index (χ3n) is 6.34. The predicted octanol–water partition coefficient (Wildman–Crippen LogP) is 3.57. The third-order valence-corrected chi connectivity index (χ3v) is 8.24. The number of sulfonamides is 1. The van der Waals surface area contributed by atoms with Crippen molar-refractivity contribution < 1.29 is 22.7 Å². The van der Waals surface area contributed by atoms with E-state index in [-0.39, 0.29) is 23.1 Å². The molecule has 0 spiro atoms. The van der Waals surface area contributed by atoms with Crippen molar-refractivity contribution in [3.05, 3.63) is 48.0 Å². The van der Waals surface area contributed by atoms with Crippen LogP contribution in [0.1, 0.15) is 44.1 Å². The molecule has 0 bridgehead atoms. The summed E-state index contributed by atoms with van der Waals surface area (Å²) in [6.07, 6.45) is 4.67. The van der Waals surface area contributed by atoms with Crippen molar-refractivity contribution in [2.24, 2.45) is 0 Å². The standard InChI is InChI=1S/C25H31N3O5S/c1-33-23-12-11-22(34(31,32)27-14-3-2-4-15-27)17-19(23)10-13-24(29)26-20-7-5-8-21(18-20)28-16-6-9-25(28)30/h5,7-8,11-12,17-18H,2-4,6,9-10,13-16H2,1H3,(H,26,29). The molecule has 2 aliphatic rings. The van der Waals surface area contributed by atoms with Gasteiger partial charge in [-0.3, -0.25) is 9.59 Å². The number of hydrogen-bond acceptors (Lipinski definition) is 5. The van der Waals surface area contributed by atoms with Crippen LogP contribution in [-0.4, -0.2) is 51.3 Å². The van der Waals surface area contributed by atoms with E-state index in [0.717, 1.165) is 31.4 Å². The van der Waals surface area contributed by atoms with Gasteiger partial charge in [-0.1, -0.05) is 12.5 Å². The van der Waals surface area contributed by atoms with E-state index in [9.17, 15) is 18.0 Å². The molecule has 0 radical (unpaired) electrons. The number of nitrogens with one attached hydrogen (secondary N) is 1. The molecule has 2 heterocycles. The Morgan fingerprint density at radius 1 is 1.03 bits per heavy atom. The lowest BCUT2D eigenvalue weighted by molar-refractivity contribution is -0.117. The van der Waals surface area contributed by atoms with Gasteiger partial charge in [-0.25, -0.2) is 8.42 Å². The van der Waals surface area contributed by atoms with Gasteiger partial charge in [-0.05, 0) is 67.6 Å². The summed E-state index contributed by atoms with van der Waals surface area (Å²) in [5.41, 5.74) is 2.07. The Morgan fingerprint density at radius 2 is 1.82 bits per heavy atom. The van der Waals surface area contributed by atoms with Crippen LogP contribution in [0.3, 0.4) is 0 Å². The van der Waals surface area contributed by atoms with Gasteiger partial charge in [0, 0.05) is 43.9 Å². The lowest BCUT2D eigenvalue weighted by Gasteiger charge is -2.26. The summed E-state index contributed by atoms with van der Waals surface area (Å²) in [5, 5.41) is 2.88. The van der Waals surface area contributed by atoms with Crippen LogP contribution in [0, 0.1) is 0 Å². The Balaban J connectivity index is 1.43. The number of carbonyl (C=O) groups excluding carboxylic acids is 2. The highest BCUT2D eigenvalue weighted by molar-refractivity contribution is 7.89. The lowest BCUT2D eigenvalue weighted by atomic mass is 10.1. The maximum atomic E-state index is 13.1. The first-order chi connectivity index (χ1) is 16.4. The van der Waals surface area contributed by atoms with Gasteiger partial charge in [0.15, 0.2) is 0 Å². The van der Waals surface area contributed by atoms with Crippen LogP contribution < -0.4 is 15.0 Å². The highest BCUT2D eigenvalue weighted by atomic mass is 32.2. The van der Waals surface area contributed by atoms with Crippen molar-refractivity contribution in [2.45, 2.75) is 49.8 Å². The molecule has 0 unspecified atom stereocenters. The largest absolute Gasteiger partial charge is 0.496 e. The molecule has 8 nitrogen and oxygen atoms in total. The molecular formula is C25H31N3O5S. The smallest absolute Gasteiger partial charge is 0.243 e. The lowest BCUT2D eigenvalue weighted by Crippen LogP contribution is -2.35. The van der Waals surface area contributed by atoms with Gasteiger partial charge in [-0.15, -0.1) is 0 Å². The minimum Gasteiger partial charge on any atom is -0.496 e.